The fourth-order valence-electron chi connectivity index (χ4n) is 1.57. The fourth-order valence-corrected chi connectivity index (χ4v) is 1.57. The van der Waals surface area contributed by atoms with Crippen LogP contribution in [0.4, 0.5) is 5.69 Å². The predicted octanol–water partition coefficient (Wildman–Crippen LogP) is 1.61. The van der Waals surface area contributed by atoms with Crippen molar-refractivity contribution in [2.45, 2.75) is 12.8 Å². The van der Waals surface area contributed by atoms with Crippen LogP contribution < -0.4 is 11.1 Å². The summed E-state index contributed by atoms with van der Waals surface area (Å²) in [6, 6.07) is 5.14. The molecule has 1 aromatic carbocycles. The van der Waals surface area contributed by atoms with Crippen molar-refractivity contribution in [3.8, 4) is 0 Å². The van der Waals surface area contributed by atoms with E-state index in [0.717, 1.165) is 18.2 Å². The van der Waals surface area contributed by atoms with Crippen LogP contribution in [0, 0.1) is 11.3 Å². The molecular weight excluding hydrogens is 202 g/mol. The van der Waals surface area contributed by atoms with Gasteiger partial charge in [0.1, 0.15) is 0 Å². The summed E-state index contributed by atoms with van der Waals surface area (Å²) in [6.07, 6.45) is 3.81. The Bertz CT molecular complexity index is 424. The van der Waals surface area contributed by atoms with Crippen molar-refractivity contribution in [1.29, 1.82) is 5.41 Å². The van der Waals surface area contributed by atoms with Crippen molar-refractivity contribution >= 4 is 17.8 Å². The Morgan fingerprint density at radius 3 is 2.88 bits per heavy atom. The Balaban J connectivity index is 2.16. The topological polar surface area (TPSA) is 79.0 Å². The highest BCUT2D eigenvalue weighted by molar-refractivity contribution is 5.96. The Kier molecular flexibility index (Phi) is 2.90. The van der Waals surface area contributed by atoms with Gasteiger partial charge in [-0.05, 0) is 37.0 Å². The molecule has 4 N–H and O–H groups in total. The summed E-state index contributed by atoms with van der Waals surface area (Å²) < 4.78 is 0. The van der Waals surface area contributed by atoms with E-state index in [1.807, 2.05) is 6.07 Å². The lowest BCUT2D eigenvalue weighted by atomic mass is 10.1. The van der Waals surface area contributed by atoms with Gasteiger partial charge in [-0.3, -0.25) is 4.79 Å². The van der Waals surface area contributed by atoms with Crippen LogP contribution in [0.1, 0.15) is 28.8 Å². The molecule has 0 unspecified atom stereocenters. The Hall–Kier alpha value is -1.84. The maximum atomic E-state index is 11.0. The molecule has 1 fully saturated rings. The van der Waals surface area contributed by atoms with Crippen molar-refractivity contribution in [3.63, 3.8) is 0 Å². The number of primary amides is 1. The minimum atomic E-state index is -0.461. The number of nitrogens with one attached hydrogen (secondary N) is 2. The molecule has 1 aliphatic rings. The molecule has 4 heteroatoms. The van der Waals surface area contributed by atoms with E-state index in [0.29, 0.717) is 11.1 Å². The van der Waals surface area contributed by atoms with Crippen molar-refractivity contribution in [2.75, 3.05) is 11.9 Å². The molecule has 0 aromatic heterocycles. The summed E-state index contributed by atoms with van der Waals surface area (Å²) in [5.41, 5.74) is 7.23. The zero-order valence-corrected chi connectivity index (χ0v) is 8.99. The molecule has 1 saturated carbocycles. The molecule has 0 radical (unpaired) electrons. The number of carbonyl (C=O) groups is 1. The van der Waals surface area contributed by atoms with Crippen LogP contribution in [-0.4, -0.2) is 18.7 Å². The van der Waals surface area contributed by atoms with E-state index >= 15 is 0 Å². The predicted molar refractivity (Wildman–Crippen MR) is 64.1 cm³/mol. The van der Waals surface area contributed by atoms with E-state index in [4.69, 9.17) is 11.1 Å². The standard InChI is InChI=1S/C12H15N3O/c13-6-10-5-9(12(14)16)3-4-11(10)15-7-8-1-2-8/h3-6,8,13,15H,1-2,7H2,(H2,14,16). The van der Waals surface area contributed by atoms with Crippen LogP contribution in [0.3, 0.4) is 0 Å². The van der Waals surface area contributed by atoms with E-state index < -0.39 is 5.91 Å². The molecule has 0 spiro atoms. The molecule has 1 aromatic rings. The molecule has 0 aliphatic heterocycles. The Morgan fingerprint density at radius 1 is 1.56 bits per heavy atom. The minimum absolute atomic E-state index is 0.440. The Morgan fingerprint density at radius 2 is 2.31 bits per heavy atom. The SMILES string of the molecule is N=Cc1cc(C(N)=O)ccc1NCC1CC1. The van der Waals surface area contributed by atoms with E-state index in [-0.39, 0.29) is 0 Å². The van der Waals surface area contributed by atoms with Crippen LogP contribution in [0.15, 0.2) is 18.2 Å². The molecule has 0 heterocycles. The summed E-state index contributed by atoms with van der Waals surface area (Å²) in [5.74, 6) is 0.311. The van der Waals surface area contributed by atoms with Crippen molar-refractivity contribution in [3.05, 3.63) is 29.3 Å². The molecule has 2 rings (SSSR count). The molecule has 1 aliphatic carbocycles. The maximum Gasteiger partial charge on any atom is 0.248 e. The molecule has 0 bridgehead atoms. The lowest BCUT2D eigenvalue weighted by molar-refractivity contribution is 0.100. The van der Waals surface area contributed by atoms with Crippen LogP contribution >= 0.6 is 0 Å². The third kappa shape index (κ3) is 2.39. The van der Waals surface area contributed by atoms with Crippen LogP contribution in [0.5, 0.6) is 0 Å². The first-order chi connectivity index (χ1) is 7.70. The lowest BCUT2D eigenvalue weighted by Crippen LogP contribution is -2.12. The highest BCUT2D eigenvalue weighted by Crippen LogP contribution is 2.29. The average molecular weight is 217 g/mol. The van der Waals surface area contributed by atoms with Gasteiger partial charge >= 0.3 is 0 Å². The molecule has 84 valence electrons. The highest BCUT2D eigenvalue weighted by Gasteiger charge is 2.20. The molecule has 4 nitrogen and oxygen atoms in total. The van der Waals surface area contributed by atoms with Crippen molar-refractivity contribution in [1.82, 2.24) is 0 Å². The second kappa shape index (κ2) is 4.35. The first kappa shape index (κ1) is 10.7. The Labute approximate surface area is 94.4 Å². The largest absolute Gasteiger partial charge is 0.384 e. The number of benzene rings is 1. The molecule has 0 saturated heterocycles. The third-order valence-electron chi connectivity index (χ3n) is 2.77. The third-order valence-corrected chi connectivity index (χ3v) is 2.77. The fraction of sp³-hybridized carbons (Fsp3) is 0.333. The monoisotopic (exact) mass is 217 g/mol. The van der Waals surface area contributed by atoms with E-state index in [9.17, 15) is 4.79 Å². The number of carbonyl (C=O) groups excluding carboxylic acids is 1. The molecule has 1 amide bonds. The maximum absolute atomic E-state index is 11.0. The van der Waals surface area contributed by atoms with Crippen LogP contribution in [-0.2, 0) is 0 Å². The zero-order chi connectivity index (χ0) is 11.5. The highest BCUT2D eigenvalue weighted by atomic mass is 16.1. The first-order valence-electron chi connectivity index (χ1n) is 5.39. The summed E-state index contributed by atoms with van der Waals surface area (Å²) in [7, 11) is 0. The van der Waals surface area contributed by atoms with Gasteiger partial charge in [0.2, 0.25) is 5.91 Å². The number of amides is 1. The second-order valence-electron chi connectivity index (χ2n) is 4.13. The molecular formula is C12H15N3O. The van der Waals surface area contributed by atoms with Gasteiger partial charge in [0, 0.05) is 29.6 Å². The van der Waals surface area contributed by atoms with Gasteiger partial charge in [0.05, 0.1) is 0 Å². The lowest BCUT2D eigenvalue weighted by Gasteiger charge is -2.09. The number of rotatable bonds is 5. The van der Waals surface area contributed by atoms with E-state index in [1.165, 1.54) is 19.1 Å². The zero-order valence-electron chi connectivity index (χ0n) is 8.99. The smallest absolute Gasteiger partial charge is 0.248 e. The number of hydrogen-bond donors (Lipinski definition) is 3. The van der Waals surface area contributed by atoms with E-state index in [2.05, 4.69) is 5.32 Å². The van der Waals surface area contributed by atoms with Crippen molar-refractivity contribution in [2.24, 2.45) is 11.7 Å². The van der Waals surface area contributed by atoms with Gasteiger partial charge < -0.3 is 16.5 Å². The van der Waals surface area contributed by atoms with E-state index in [1.54, 1.807) is 12.1 Å². The van der Waals surface area contributed by atoms with Gasteiger partial charge in [-0.25, -0.2) is 0 Å². The van der Waals surface area contributed by atoms with Gasteiger partial charge in [-0.15, -0.1) is 0 Å². The quantitative estimate of drug-likeness (QED) is 0.655. The van der Waals surface area contributed by atoms with Gasteiger partial charge in [-0.1, -0.05) is 0 Å². The average Bonchev–Trinajstić information content (AvgIpc) is 3.09. The van der Waals surface area contributed by atoms with Crippen LogP contribution in [0.2, 0.25) is 0 Å². The summed E-state index contributed by atoms with van der Waals surface area (Å²) >= 11 is 0. The van der Waals surface area contributed by atoms with Crippen molar-refractivity contribution < 1.29 is 4.79 Å². The summed E-state index contributed by atoms with van der Waals surface area (Å²) in [4.78, 5) is 11.0. The normalized spacial score (nSPS) is 14.5. The number of nitrogens with two attached hydrogens (primary N) is 1. The molecule has 0 atom stereocenters. The van der Waals surface area contributed by atoms with Gasteiger partial charge in [0.15, 0.2) is 0 Å². The first-order valence-corrected chi connectivity index (χ1v) is 5.39. The summed E-state index contributed by atoms with van der Waals surface area (Å²) in [5, 5.41) is 10.6. The number of hydrogen-bond acceptors (Lipinski definition) is 3. The van der Waals surface area contributed by atoms with Gasteiger partial charge in [0.25, 0.3) is 0 Å². The number of anilines is 1. The minimum Gasteiger partial charge on any atom is -0.384 e. The van der Waals surface area contributed by atoms with Gasteiger partial charge in [-0.2, -0.15) is 0 Å². The summed E-state index contributed by atoms with van der Waals surface area (Å²) in [6.45, 7) is 0.941. The second-order valence-corrected chi connectivity index (χ2v) is 4.13. The molecule has 16 heavy (non-hydrogen) atoms. The van der Waals surface area contributed by atoms with Crippen LogP contribution in [0.25, 0.3) is 0 Å².